The molecule has 0 bridgehead atoms. The van der Waals surface area contributed by atoms with Gasteiger partial charge in [-0.05, 0) is 41.6 Å². The molecule has 0 spiro atoms. The van der Waals surface area contributed by atoms with Crippen molar-refractivity contribution in [2.24, 2.45) is 0 Å². The molecule has 2 heterocycles. The van der Waals surface area contributed by atoms with Crippen molar-refractivity contribution in [2.45, 2.75) is 13.1 Å². The molecule has 1 saturated heterocycles. The fourth-order valence-corrected chi connectivity index (χ4v) is 4.24. The van der Waals surface area contributed by atoms with E-state index in [1.54, 1.807) is 71.4 Å². The van der Waals surface area contributed by atoms with Crippen molar-refractivity contribution in [3.63, 3.8) is 0 Å². The van der Waals surface area contributed by atoms with Crippen molar-refractivity contribution in [1.82, 2.24) is 9.47 Å². The van der Waals surface area contributed by atoms with Gasteiger partial charge in [-0.2, -0.15) is 5.26 Å². The molecule has 0 radical (unpaired) electrons. The van der Waals surface area contributed by atoms with Gasteiger partial charge in [-0.25, -0.2) is 0 Å². The molecule has 9 heteroatoms. The standard InChI is InChI=1S/C23H16N4O4S/c24-13-16-6-1-2-7-17(16)15-26-22(28)21(32-23(26)29)12-19-9-5-11-25(19)14-18-8-3-4-10-20(18)27(30)31/h1-12H,14-15H2/b21-12+. The first kappa shape index (κ1) is 21.1. The van der Waals surface area contributed by atoms with Gasteiger partial charge >= 0.3 is 0 Å². The average molecular weight is 444 g/mol. The second-order valence-electron chi connectivity index (χ2n) is 6.98. The minimum atomic E-state index is -0.439. The molecular weight excluding hydrogens is 428 g/mol. The van der Waals surface area contributed by atoms with E-state index in [0.717, 1.165) is 16.7 Å². The van der Waals surface area contributed by atoms with Gasteiger partial charge in [-0.1, -0.05) is 36.4 Å². The lowest BCUT2D eigenvalue weighted by Crippen LogP contribution is -2.27. The van der Waals surface area contributed by atoms with Crippen molar-refractivity contribution in [2.75, 3.05) is 0 Å². The Bertz CT molecular complexity index is 1310. The second kappa shape index (κ2) is 8.91. The van der Waals surface area contributed by atoms with Crippen LogP contribution in [-0.2, 0) is 17.9 Å². The number of hydrogen-bond acceptors (Lipinski definition) is 6. The van der Waals surface area contributed by atoms with Gasteiger partial charge < -0.3 is 4.57 Å². The van der Waals surface area contributed by atoms with Crippen molar-refractivity contribution in [1.29, 1.82) is 5.26 Å². The van der Waals surface area contributed by atoms with Crippen LogP contribution in [0.4, 0.5) is 10.5 Å². The highest BCUT2D eigenvalue weighted by atomic mass is 32.2. The van der Waals surface area contributed by atoms with Gasteiger partial charge in [0.05, 0.1) is 34.6 Å². The number of nitriles is 1. The Balaban J connectivity index is 1.58. The van der Waals surface area contributed by atoms with Gasteiger partial charge in [0.1, 0.15) is 0 Å². The molecule has 2 amide bonds. The van der Waals surface area contributed by atoms with E-state index in [1.165, 1.54) is 6.07 Å². The summed E-state index contributed by atoms with van der Waals surface area (Å²) in [6.07, 6.45) is 3.37. The summed E-state index contributed by atoms with van der Waals surface area (Å²) in [5.74, 6) is -0.439. The molecule has 0 atom stereocenters. The van der Waals surface area contributed by atoms with E-state index in [2.05, 4.69) is 6.07 Å². The monoisotopic (exact) mass is 444 g/mol. The summed E-state index contributed by atoms with van der Waals surface area (Å²) in [5, 5.41) is 20.1. The summed E-state index contributed by atoms with van der Waals surface area (Å²) in [6.45, 7) is 0.262. The number of carbonyl (C=O) groups is 2. The maximum atomic E-state index is 12.9. The lowest BCUT2D eigenvalue weighted by atomic mass is 10.1. The van der Waals surface area contributed by atoms with Crippen molar-refractivity contribution >= 4 is 34.7 Å². The number of nitrogens with zero attached hydrogens (tertiary/aromatic N) is 4. The van der Waals surface area contributed by atoms with Gasteiger partial charge in [0.25, 0.3) is 16.8 Å². The van der Waals surface area contributed by atoms with E-state index in [-0.39, 0.29) is 23.7 Å². The number of carbonyl (C=O) groups excluding carboxylic acids is 2. The van der Waals surface area contributed by atoms with Crippen LogP contribution in [0.3, 0.4) is 0 Å². The maximum absolute atomic E-state index is 12.9. The van der Waals surface area contributed by atoms with E-state index < -0.39 is 16.1 Å². The van der Waals surface area contributed by atoms with Crippen LogP contribution < -0.4 is 0 Å². The molecule has 32 heavy (non-hydrogen) atoms. The Labute approximate surface area is 187 Å². The fraction of sp³-hybridized carbons (Fsp3) is 0.0870. The predicted molar refractivity (Wildman–Crippen MR) is 119 cm³/mol. The molecule has 1 aliphatic heterocycles. The SMILES string of the molecule is N#Cc1ccccc1CN1C(=O)S/C(=C/c2cccn2Cc2ccccc2[N+](=O)[O-])C1=O. The highest BCUT2D eigenvalue weighted by Crippen LogP contribution is 2.34. The molecule has 8 nitrogen and oxygen atoms in total. The number of hydrogen-bond donors (Lipinski definition) is 0. The number of nitro groups is 1. The molecule has 3 aromatic rings. The van der Waals surface area contributed by atoms with Crippen LogP contribution in [0.2, 0.25) is 0 Å². The van der Waals surface area contributed by atoms with Gasteiger partial charge in [-0.3, -0.25) is 24.6 Å². The Morgan fingerprint density at radius 3 is 2.47 bits per heavy atom. The summed E-state index contributed by atoms with van der Waals surface area (Å²) in [6, 6.07) is 18.9. The Morgan fingerprint density at radius 1 is 1.00 bits per heavy atom. The zero-order valence-corrected chi connectivity index (χ0v) is 17.5. The first-order valence-corrected chi connectivity index (χ1v) is 10.4. The lowest BCUT2D eigenvalue weighted by Gasteiger charge is -2.13. The zero-order chi connectivity index (χ0) is 22.7. The van der Waals surface area contributed by atoms with E-state index in [0.29, 0.717) is 22.4 Å². The smallest absolute Gasteiger partial charge is 0.293 e. The van der Waals surface area contributed by atoms with Crippen molar-refractivity contribution in [3.05, 3.63) is 104 Å². The molecule has 1 fully saturated rings. The first-order valence-electron chi connectivity index (χ1n) is 9.58. The first-order chi connectivity index (χ1) is 15.5. The molecule has 0 N–H and O–H groups in total. The predicted octanol–water partition coefficient (Wildman–Crippen LogP) is 4.55. The summed E-state index contributed by atoms with van der Waals surface area (Å²) < 4.78 is 1.78. The van der Waals surface area contributed by atoms with Crippen molar-refractivity contribution < 1.29 is 14.5 Å². The summed E-state index contributed by atoms with van der Waals surface area (Å²) in [5.41, 5.74) is 2.20. The Hall–Kier alpha value is -4.16. The summed E-state index contributed by atoms with van der Waals surface area (Å²) in [7, 11) is 0. The van der Waals surface area contributed by atoms with E-state index >= 15 is 0 Å². The van der Waals surface area contributed by atoms with Gasteiger partial charge in [0.2, 0.25) is 0 Å². The number of benzene rings is 2. The van der Waals surface area contributed by atoms with Gasteiger partial charge in [-0.15, -0.1) is 0 Å². The minimum absolute atomic E-state index is 0.0168. The van der Waals surface area contributed by atoms with Crippen LogP contribution in [0.5, 0.6) is 0 Å². The zero-order valence-electron chi connectivity index (χ0n) is 16.7. The number of nitro benzene ring substituents is 1. The third kappa shape index (κ3) is 4.17. The third-order valence-electron chi connectivity index (χ3n) is 5.01. The molecule has 1 aliphatic rings. The topological polar surface area (TPSA) is 109 Å². The van der Waals surface area contributed by atoms with Gasteiger partial charge in [0.15, 0.2) is 0 Å². The van der Waals surface area contributed by atoms with Crippen LogP contribution in [0, 0.1) is 21.4 Å². The highest BCUT2D eigenvalue weighted by Gasteiger charge is 2.35. The Morgan fingerprint density at radius 2 is 1.72 bits per heavy atom. The molecule has 2 aromatic carbocycles. The van der Waals surface area contributed by atoms with Crippen LogP contribution >= 0.6 is 11.8 Å². The normalized spacial score (nSPS) is 14.7. The number of imide groups is 1. The molecule has 0 aliphatic carbocycles. The van der Waals surface area contributed by atoms with Crippen molar-refractivity contribution in [3.8, 4) is 6.07 Å². The van der Waals surface area contributed by atoms with Crippen LogP contribution in [-0.4, -0.2) is 25.5 Å². The number of aromatic nitrogens is 1. The van der Waals surface area contributed by atoms with Gasteiger partial charge in [0, 0.05) is 23.5 Å². The molecule has 158 valence electrons. The molecule has 0 saturated carbocycles. The minimum Gasteiger partial charge on any atom is -0.343 e. The largest absolute Gasteiger partial charge is 0.343 e. The van der Waals surface area contributed by atoms with Crippen LogP contribution in [0.15, 0.2) is 71.8 Å². The van der Waals surface area contributed by atoms with E-state index in [4.69, 9.17) is 0 Å². The summed E-state index contributed by atoms with van der Waals surface area (Å²) >= 11 is 0.830. The van der Waals surface area contributed by atoms with E-state index in [1.807, 2.05) is 0 Å². The quantitative estimate of drug-likeness (QED) is 0.313. The molecular formula is C23H16N4O4S. The lowest BCUT2D eigenvalue weighted by molar-refractivity contribution is -0.385. The van der Waals surface area contributed by atoms with E-state index in [9.17, 15) is 25.0 Å². The Kier molecular flexibility index (Phi) is 5.87. The fourth-order valence-electron chi connectivity index (χ4n) is 3.42. The number of amides is 2. The third-order valence-corrected chi connectivity index (χ3v) is 5.92. The highest BCUT2D eigenvalue weighted by molar-refractivity contribution is 8.18. The molecule has 4 rings (SSSR count). The molecule has 0 unspecified atom stereocenters. The number of rotatable bonds is 6. The summed E-state index contributed by atoms with van der Waals surface area (Å²) in [4.78, 5) is 37.6. The average Bonchev–Trinajstić information content (AvgIpc) is 3.33. The maximum Gasteiger partial charge on any atom is 0.293 e. The number of para-hydroxylation sites is 1. The second-order valence-corrected chi connectivity index (χ2v) is 7.98. The number of thioether (sulfide) groups is 1. The molecule has 1 aromatic heterocycles. The van der Waals surface area contributed by atoms with Crippen LogP contribution in [0.25, 0.3) is 6.08 Å². The van der Waals surface area contributed by atoms with Crippen LogP contribution in [0.1, 0.15) is 22.4 Å².